The topological polar surface area (TPSA) is 66.4 Å². The minimum Gasteiger partial charge on any atom is -0.478 e. The number of carbonyl (C=O) groups excluding carboxylic acids is 1. The molecule has 0 spiro atoms. The molecule has 0 saturated heterocycles. The van der Waals surface area contributed by atoms with Gasteiger partial charge in [-0.05, 0) is 36.8 Å². The van der Waals surface area contributed by atoms with Crippen LogP contribution >= 0.6 is 11.8 Å². The summed E-state index contributed by atoms with van der Waals surface area (Å²) in [5.41, 5.74) is 1.53. The lowest BCUT2D eigenvalue weighted by Gasteiger charge is -2.09. The van der Waals surface area contributed by atoms with E-state index < -0.39 is 5.97 Å². The van der Waals surface area contributed by atoms with Crippen molar-refractivity contribution < 1.29 is 14.7 Å². The Labute approximate surface area is 127 Å². The Morgan fingerprint density at radius 1 is 1.14 bits per heavy atom. The molecule has 0 aliphatic carbocycles. The number of anilines is 1. The number of aromatic carboxylic acids is 1. The van der Waals surface area contributed by atoms with Crippen molar-refractivity contribution in [2.24, 2.45) is 0 Å². The van der Waals surface area contributed by atoms with E-state index >= 15 is 0 Å². The first-order chi connectivity index (χ1) is 10.1. The van der Waals surface area contributed by atoms with Gasteiger partial charge in [0.05, 0.1) is 11.3 Å². The van der Waals surface area contributed by atoms with E-state index in [4.69, 9.17) is 5.11 Å². The minimum absolute atomic E-state index is 0.158. The molecule has 2 aromatic rings. The van der Waals surface area contributed by atoms with Gasteiger partial charge in [0, 0.05) is 10.6 Å². The molecule has 5 heteroatoms. The third kappa shape index (κ3) is 4.36. The molecule has 0 saturated carbocycles. The van der Waals surface area contributed by atoms with Crippen LogP contribution in [-0.2, 0) is 4.79 Å². The highest BCUT2D eigenvalue weighted by molar-refractivity contribution is 8.00. The first kappa shape index (κ1) is 15.1. The first-order valence-corrected chi connectivity index (χ1v) is 7.36. The number of hydrogen-bond acceptors (Lipinski definition) is 3. The summed E-state index contributed by atoms with van der Waals surface area (Å²) in [7, 11) is 0. The van der Waals surface area contributed by atoms with E-state index in [0.717, 1.165) is 10.5 Å². The van der Waals surface area contributed by atoms with Crippen LogP contribution in [0.25, 0.3) is 0 Å². The van der Waals surface area contributed by atoms with Gasteiger partial charge in [0.2, 0.25) is 5.91 Å². The summed E-state index contributed by atoms with van der Waals surface area (Å²) in [5, 5.41) is 11.7. The largest absolute Gasteiger partial charge is 0.478 e. The van der Waals surface area contributed by atoms with Gasteiger partial charge < -0.3 is 10.4 Å². The van der Waals surface area contributed by atoms with Crippen LogP contribution in [-0.4, -0.2) is 22.7 Å². The maximum atomic E-state index is 11.9. The number of hydrogen-bond donors (Lipinski definition) is 2. The molecule has 0 aliphatic rings. The van der Waals surface area contributed by atoms with E-state index in [1.54, 1.807) is 6.07 Å². The second kappa shape index (κ2) is 6.95. The van der Waals surface area contributed by atoms with Crippen molar-refractivity contribution in [3.63, 3.8) is 0 Å². The summed E-state index contributed by atoms with van der Waals surface area (Å²) < 4.78 is 0. The van der Waals surface area contributed by atoms with Crippen molar-refractivity contribution in [2.75, 3.05) is 11.1 Å². The van der Waals surface area contributed by atoms with E-state index in [1.165, 1.54) is 23.9 Å². The zero-order valence-electron chi connectivity index (χ0n) is 11.5. The molecule has 0 fully saturated rings. The Balaban J connectivity index is 1.99. The quantitative estimate of drug-likeness (QED) is 0.830. The summed E-state index contributed by atoms with van der Waals surface area (Å²) in [6.45, 7) is 1.82. The minimum atomic E-state index is -1.01. The molecular weight excluding hydrogens is 286 g/mol. The van der Waals surface area contributed by atoms with Crippen LogP contribution in [0.1, 0.15) is 15.9 Å². The summed E-state index contributed by atoms with van der Waals surface area (Å²) in [5.74, 6) is -0.889. The number of amides is 1. The number of rotatable bonds is 5. The zero-order chi connectivity index (χ0) is 15.2. The van der Waals surface area contributed by atoms with Gasteiger partial charge in [0.25, 0.3) is 0 Å². The predicted octanol–water partition coefficient (Wildman–Crippen LogP) is 3.42. The van der Waals surface area contributed by atoms with Gasteiger partial charge in [-0.3, -0.25) is 4.79 Å². The normalized spacial score (nSPS) is 10.1. The molecule has 4 nitrogen and oxygen atoms in total. The van der Waals surface area contributed by atoms with Crippen molar-refractivity contribution in [3.05, 3.63) is 59.7 Å². The molecule has 108 valence electrons. The summed E-state index contributed by atoms with van der Waals surface area (Å²) >= 11 is 1.44. The molecule has 0 aromatic heterocycles. The highest BCUT2D eigenvalue weighted by Crippen LogP contribution is 2.20. The Morgan fingerprint density at radius 2 is 1.86 bits per heavy atom. The lowest BCUT2D eigenvalue weighted by Crippen LogP contribution is -2.15. The molecule has 0 unspecified atom stereocenters. The van der Waals surface area contributed by atoms with Crippen LogP contribution in [0.2, 0.25) is 0 Å². The van der Waals surface area contributed by atoms with Crippen molar-refractivity contribution in [1.29, 1.82) is 0 Å². The summed E-state index contributed by atoms with van der Waals surface area (Å²) in [6.07, 6.45) is 0. The maximum Gasteiger partial charge on any atom is 0.335 e. The van der Waals surface area contributed by atoms with Gasteiger partial charge in [-0.1, -0.05) is 24.3 Å². The summed E-state index contributed by atoms with van der Waals surface area (Å²) in [6, 6.07) is 14.3. The smallest absolute Gasteiger partial charge is 0.335 e. The fourth-order valence-electron chi connectivity index (χ4n) is 1.74. The van der Waals surface area contributed by atoms with Crippen LogP contribution in [0.4, 0.5) is 5.69 Å². The second-order valence-electron chi connectivity index (χ2n) is 4.48. The van der Waals surface area contributed by atoms with E-state index in [0.29, 0.717) is 5.69 Å². The van der Waals surface area contributed by atoms with Gasteiger partial charge >= 0.3 is 5.97 Å². The zero-order valence-corrected chi connectivity index (χ0v) is 12.3. The molecule has 2 N–H and O–H groups in total. The predicted molar refractivity (Wildman–Crippen MR) is 83.9 cm³/mol. The monoisotopic (exact) mass is 301 g/mol. The van der Waals surface area contributed by atoms with E-state index in [-0.39, 0.29) is 17.2 Å². The SMILES string of the molecule is Cc1ccc(C(=O)O)cc1NC(=O)CSc1ccccc1. The third-order valence-corrected chi connectivity index (χ3v) is 3.88. The first-order valence-electron chi connectivity index (χ1n) is 6.38. The summed E-state index contributed by atoms with van der Waals surface area (Å²) in [4.78, 5) is 23.9. The molecule has 0 radical (unpaired) electrons. The number of nitrogens with one attached hydrogen (secondary N) is 1. The van der Waals surface area contributed by atoms with Crippen LogP contribution < -0.4 is 5.32 Å². The highest BCUT2D eigenvalue weighted by Gasteiger charge is 2.09. The van der Waals surface area contributed by atoms with E-state index in [2.05, 4.69) is 5.32 Å². The average Bonchev–Trinajstić information content (AvgIpc) is 2.48. The number of aryl methyl sites for hydroxylation is 1. The highest BCUT2D eigenvalue weighted by atomic mass is 32.2. The number of carboxylic acid groups (broad SMARTS) is 1. The Morgan fingerprint density at radius 3 is 2.52 bits per heavy atom. The number of carboxylic acids is 1. The number of benzene rings is 2. The molecule has 21 heavy (non-hydrogen) atoms. The van der Waals surface area contributed by atoms with Gasteiger partial charge in [0.1, 0.15) is 0 Å². The molecule has 0 heterocycles. The van der Waals surface area contributed by atoms with E-state index in [9.17, 15) is 9.59 Å². The van der Waals surface area contributed by atoms with Crippen LogP contribution in [0.15, 0.2) is 53.4 Å². The molecule has 1 amide bonds. The Bertz CT molecular complexity index is 656. The Kier molecular flexibility index (Phi) is 5.00. The lowest BCUT2D eigenvalue weighted by atomic mass is 10.1. The van der Waals surface area contributed by atoms with Crippen LogP contribution in [0.3, 0.4) is 0 Å². The van der Waals surface area contributed by atoms with Gasteiger partial charge in [-0.25, -0.2) is 4.79 Å². The lowest BCUT2D eigenvalue weighted by molar-refractivity contribution is -0.113. The standard InChI is InChI=1S/C16H15NO3S/c1-11-7-8-12(16(19)20)9-14(11)17-15(18)10-21-13-5-3-2-4-6-13/h2-9H,10H2,1H3,(H,17,18)(H,19,20). The molecule has 0 bridgehead atoms. The van der Waals surface area contributed by atoms with Gasteiger partial charge in [-0.15, -0.1) is 11.8 Å². The van der Waals surface area contributed by atoms with Crippen molar-refractivity contribution in [1.82, 2.24) is 0 Å². The fraction of sp³-hybridized carbons (Fsp3) is 0.125. The van der Waals surface area contributed by atoms with Crippen LogP contribution in [0, 0.1) is 6.92 Å². The molecule has 2 rings (SSSR count). The Hall–Kier alpha value is -2.27. The maximum absolute atomic E-state index is 11.9. The van der Waals surface area contributed by atoms with Crippen molar-refractivity contribution in [2.45, 2.75) is 11.8 Å². The van der Waals surface area contributed by atoms with Gasteiger partial charge in [0.15, 0.2) is 0 Å². The van der Waals surface area contributed by atoms with Crippen molar-refractivity contribution >= 4 is 29.3 Å². The third-order valence-electron chi connectivity index (χ3n) is 2.87. The van der Waals surface area contributed by atoms with Gasteiger partial charge in [-0.2, -0.15) is 0 Å². The molecule has 2 aromatic carbocycles. The number of thioether (sulfide) groups is 1. The molecule has 0 aliphatic heterocycles. The van der Waals surface area contributed by atoms with Crippen molar-refractivity contribution in [3.8, 4) is 0 Å². The molecule has 0 atom stereocenters. The van der Waals surface area contributed by atoms with E-state index in [1.807, 2.05) is 37.3 Å². The second-order valence-corrected chi connectivity index (χ2v) is 5.53. The molecular formula is C16H15NO3S. The number of carbonyl (C=O) groups is 2. The average molecular weight is 301 g/mol. The fourth-order valence-corrected chi connectivity index (χ4v) is 2.46. The van der Waals surface area contributed by atoms with Crippen LogP contribution in [0.5, 0.6) is 0 Å².